The minimum absolute atomic E-state index is 0.0910. The highest BCUT2D eigenvalue weighted by molar-refractivity contribution is 7.89. The second kappa shape index (κ2) is 9.77. The zero-order chi connectivity index (χ0) is 22.6. The number of piperazine rings is 1. The third kappa shape index (κ3) is 5.15. The molecular formula is C24H28FN4O2S+. The molecule has 0 bridgehead atoms. The quantitative estimate of drug-likeness (QED) is 0.572. The van der Waals surface area contributed by atoms with E-state index in [4.69, 9.17) is 0 Å². The van der Waals surface area contributed by atoms with E-state index in [9.17, 15) is 12.8 Å². The van der Waals surface area contributed by atoms with Gasteiger partial charge < -0.3 is 9.80 Å². The van der Waals surface area contributed by atoms with Gasteiger partial charge in [0, 0.05) is 18.0 Å². The van der Waals surface area contributed by atoms with Gasteiger partial charge in [0.1, 0.15) is 11.9 Å². The molecule has 32 heavy (non-hydrogen) atoms. The number of halogens is 1. The van der Waals surface area contributed by atoms with Gasteiger partial charge in [-0.15, -0.1) is 0 Å². The smallest absolute Gasteiger partial charge is 0.240 e. The number of aryl methyl sites for hydroxylation is 1. The fourth-order valence-electron chi connectivity index (χ4n) is 4.17. The molecule has 4 rings (SSSR count). The van der Waals surface area contributed by atoms with E-state index in [-0.39, 0.29) is 23.3 Å². The molecule has 2 N–H and O–H groups in total. The van der Waals surface area contributed by atoms with Crippen molar-refractivity contribution < 1.29 is 17.7 Å². The van der Waals surface area contributed by atoms with Crippen LogP contribution in [0.2, 0.25) is 0 Å². The van der Waals surface area contributed by atoms with Gasteiger partial charge in [0.05, 0.1) is 43.3 Å². The van der Waals surface area contributed by atoms with E-state index in [0.717, 1.165) is 24.2 Å². The number of para-hydroxylation sites is 1. The second-order valence-electron chi connectivity index (χ2n) is 8.10. The number of nitrogens with zero attached hydrogens (tertiary/aromatic N) is 2. The lowest BCUT2D eigenvalue weighted by molar-refractivity contribution is -0.930. The molecule has 0 radical (unpaired) electrons. The van der Waals surface area contributed by atoms with E-state index in [2.05, 4.69) is 14.6 Å². The van der Waals surface area contributed by atoms with Gasteiger partial charge in [0.15, 0.2) is 0 Å². The molecule has 168 valence electrons. The maximum Gasteiger partial charge on any atom is 0.240 e. The molecule has 0 amide bonds. The third-order valence-electron chi connectivity index (χ3n) is 5.99. The Bertz CT molecular complexity index is 1130. The van der Waals surface area contributed by atoms with Crippen LogP contribution in [0.15, 0.2) is 78.0 Å². The van der Waals surface area contributed by atoms with Crippen molar-refractivity contribution in [2.45, 2.75) is 17.9 Å². The number of benzene rings is 2. The largest absolute Gasteiger partial charge is 0.358 e. The molecule has 0 aliphatic carbocycles. The lowest BCUT2D eigenvalue weighted by atomic mass is 10.1. The molecule has 0 spiro atoms. The number of pyridine rings is 1. The van der Waals surface area contributed by atoms with Crippen molar-refractivity contribution in [3.63, 3.8) is 0 Å². The molecular weight excluding hydrogens is 427 g/mol. The molecule has 0 saturated carbocycles. The first kappa shape index (κ1) is 22.4. The summed E-state index contributed by atoms with van der Waals surface area (Å²) < 4.78 is 42.7. The number of rotatable bonds is 7. The Kier molecular flexibility index (Phi) is 6.83. The van der Waals surface area contributed by atoms with E-state index >= 15 is 0 Å². The van der Waals surface area contributed by atoms with Gasteiger partial charge in [-0.25, -0.2) is 17.5 Å². The van der Waals surface area contributed by atoms with Crippen molar-refractivity contribution in [1.29, 1.82) is 0 Å². The molecule has 2 heterocycles. The molecule has 1 saturated heterocycles. The van der Waals surface area contributed by atoms with Crippen LogP contribution in [0, 0.1) is 12.7 Å². The lowest BCUT2D eigenvalue weighted by Crippen LogP contribution is -3.15. The molecule has 1 unspecified atom stereocenters. The zero-order valence-electron chi connectivity index (χ0n) is 18.0. The van der Waals surface area contributed by atoms with Crippen LogP contribution in [0.3, 0.4) is 0 Å². The van der Waals surface area contributed by atoms with Crippen LogP contribution in [0.1, 0.15) is 17.2 Å². The van der Waals surface area contributed by atoms with Crippen LogP contribution in [0.4, 0.5) is 10.1 Å². The predicted molar refractivity (Wildman–Crippen MR) is 123 cm³/mol. The van der Waals surface area contributed by atoms with Crippen molar-refractivity contribution in [2.75, 3.05) is 37.6 Å². The zero-order valence-corrected chi connectivity index (χ0v) is 18.9. The Hall–Kier alpha value is -2.81. The first-order chi connectivity index (χ1) is 15.4. The molecule has 8 heteroatoms. The fraction of sp³-hybridized carbons (Fsp3) is 0.292. The topological polar surface area (TPSA) is 66.7 Å². The first-order valence-electron chi connectivity index (χ1n) is 10.7. The summed E-state index contributed by atoms with van der Waals surface area (Å²) in [6.45, 7) is 5.10. The van der Waals surface area contributed by atoms with Gasteiger partial charge in [-0.05, 0) is 43.3 Å². The minimum Gasteiger partial charge on any atom is -0.358 e. The van der Waals surface area contributed by atoms with Gasteiger partial charge >= 0.3 is 0 Å². The Balaban J connectivity index is 1.48. The summed E-state index contributed by atoms with van der Waals surface area (Å²) in [5.74, 6) is -0.217. The average molecular weight is 456 g/mol. The number of hydrogen-bond acceptors (Lipinski definition) is 4. The monoisotopic (exact) mass is 455 g/mol. The summed E-state index contributed by atoms with van der Waals surface area (Å²) in [6, 6.07) is 17.4. The van der Waals surface area contributed by atoms with Crippen LogP contribution >= 0.6 is 0 Å². The van der Waals surface area contributed by atoms with Gasteiger partial charge in [-0.3, -0.25) is 4.98 Å². The van der Waals surface area contributed by atoms with Crippen molar-refractivity contribution in [3.05, 3.63) is 90.0 Å². The standard InChI is InChI=1S/C24H27FN4O2S/c1-19-8-10-21(11-9-19)32(30,31)27-18-24(20-5-4-12-26-17-20)29-15-13-28(14-16-29)23-7-3-2-6-22(23)25/h2-12,17,24,27H,13-16,18H2,1H3/p+1. The highest BCUT2D eigenvalue weighted by Crippen LogP contribution is 2.19. The number of anilines is 1. The molecule has 1 fully saturated rings. The molecule has 3 aromatic rings. The van der Waals surface area contributed by atoms with E-state index < -0.39 is 10.0 Å². The van der Waals surface area contributed by atoms with Crippen LogP contribution in [0.5, 0.6) is 0 Å². The van der Waals surface area contributed by atoms with Crippen LogP contribution in [-0.2, 0) is 10.0 Å². The predicted octanol–water partition coefficient (Wildman–Crippen LogP) is 1.95. The van der Waals surface area contributed by atoms with Gasteiger partial charge in [0.2, 0.25) is 10.0 Å². The second-order valence-corrected chi connectivity index (χ2v) is 9.87. The summed E-state index contributed by atoms with van der Waals surface area (Å²) >= 11 is 0. The highest BCUT2D eigenvalue weighted by atomic mass is 32.2. The van der Waals surface area contributed by atoms with Gasteiger partial charge in [-0.2, -0.15) is 0 Å². The number of quaternary nitrogens is 1. The molecule has 1 aromatic heterocycles. The van der Waals surface area contributed by atoms with E-state index in [1.165, 1.54) is 11.0 Å². The van der Waals surface area contributed by atoms with E-state index in [0.29, 0.717) is 18.8 Å². The first-order valence-corrected chi connectivity index (χ1v) is 12.2. The van der Waals surface area contributed by atoms with Gasteiger partial charge in [-0.1, -0.05) is 29.8 Å². The summed E-state index contributed by atoms with van der Waals surface area (Å²) in [5, 5.41) is 0. The Morgan fingerprint density at radius 3 is 2.44 bits per heavy atom. The number of aromatic nitrogens is 1. The molecule has 1 aliphatic heterocycles. The van der Waals surface area contributed by atoms with Crippen molar-refractivity contribution in [3.8, 4) is 0 Å². The van der Waals surface area contributed by atoms with Crippen molar-refractivity contribution >= 4 is 15.7 Å². The highest BCUT2D eigenvalue weighted by Gasteiger charge is 2.31. The molecule has 1 atom stereocenters. The Morgan fingerprint density at radius 1 is 1.06 bits per heavy atom. The average Bonchev–Trinajstić information content (AvgIpc) is 2.81. The normalized spacial score (nSPS) is 16.1. The Morgan fingerprint density at radius 2 is 1.78 bits per heavy atom. The van der Waals surface area contributed by atoms with Gasteiger partial charge in [0.25, 0.3) is 0 Å². The van der Waals surface area contributed by atoms with Crippen molar-refractivity contribution in [1.82, 2.24) is 9.71 Å². The Labute approximate surface area is 188 Å². The minimum atomic E-state index is -3.62. The summed E-state index contributed by atoms with van der Waals surface area (Å²) in [4.78, 5) is 7.79. The summed E-state index contributed by atoms with van der Waals surface area (Å²) in [6.07, 6.45) is 3.50. The lowest BCUT2D eigenvalue weighted by Gasteiger charge is -2.37. The van der Waals surface area contributed by atoms with Crippen LogP contribution in [-0.4, -0.2) is 46.1 Å². The number of sulfonamides is 1. The van der Waals surface area contributed by atoms with Crippen molar-refractivity contribution in [2.24, 2.45) is 0 Å². The van der Waals surface area contributed by atoms with E-state index in [1.54, 1.807) is 48.8 Å². The molecule has 1 aliphatic rings. The third-order valence-corrected chi connectivity index (χ3v) is 7.43. The summed E-state index contributed by atoms with van der Waals surface area (Å²) in [7, 11) is -3.62. The maximum atomic E-state index is 14.2. The van der Waals surface area contributed by atoms with Crippen LogP contribution in [0.25, 0.3) is 0 Å². The SMILES string of the molecule is Cc1ccc(S(=O)(=O)NCC(c2cccnc2)[NH+]2CCN(c3ccccc3F)CC2)cc1. The number of hydrogen-bond donors (Lipinski definition) is 2. The summed E-state index contributed by atoms with van der Waals surface area (Å²) in [5.41, 5.74) is 2.60. The molecule has 2 aromatic carbocycles. The fourth-order valence-corrected chi connectivity index (χ4v) is 5.21. The number of nitrogens with one attached hydrogen (secondary N) is 2. The van der Waals surface area contributed by atoms with E-state index in [1.807, 2.05) is 25.1 Å². The maximum absolute atomic E-state index is 14.2. The van der Waals surface area contributed by atoms with Crippen LogP contribution < -0.4 is 14.5 Å². The molecule has 6 nitrogen and oxygen atoms in total.